The SMILES string of the molecule is CCCCC(C)(C)CCCC(C)(C)CCCC. The van der Waals surface area contributed by atoms with E-state index >= 15 is 0 Å². The molecule has 17 heavy (non-hydrogen) atoms. The predicted octanol–water partition coefficient (Wildman–Crippen LogP) is 6.59. The standard InChI is InChI=1S/C17H36/c1-7-9-12-16(3,4)14-11-15-17(5,6)13-10-8-2/h7-15H2,1-6H3. The van der Waals surface area contributed by atoms with Crippen molar-refractivity contribution < 1.29 is 0 Å². The van der Waals surface area contributed by atoms with Crippen LogP contribution in [-0.4, -0.2) is 0 Å². The van der Waals surface area contributed by atoms with Gasteiger partial charge in [-0.05, 0) is 36.5 Å². The Bertz CT molecular complexity index is 156. The van der Waals surface area contributed by atoms with E-state index in [9.17, 15) is 0 Å². The maximum atomic E-state index is 2.45. The Hall–Kier alpha value is 0. The van der Waals surface area contributed by atoms with E-state index in [1.807, 2.05) is 0 Å². The average Bonchev–Trinajstić information content (AvgIpc) is 2.23. The van der Waals surface area contributed by atoms with Crippen molar-refractivity contribution in [2.24, 2.45) is 10.8 Å². The Kier molecular flexibility index (Phi) is 8.16. The van der Waals surface area contributed by atoms with Crippen LogP contribution in [0.15, 0.2) is 0 Å². The maximum Gasteiger partial charge on any atom is -0.0354 e. The van der Waals surface area contributed by atoms with Crippen LogP contribution in [-0.2, 0) is 0 Å². The molecule has 0 rings (SSSR count). The lowest BCUT2D eigenvalue weighted by molar-refractivity contribution is 0.237. The molecule has 0 aromatic rings. The van der Waals surface area contributed by atoms with Crippen molar-refractivity contribution in [3.63, 3.8) is 0 Å². The van der Waals surface area contributed by atoms with Crippen molar-refractivity contribution in [3.8, 4) is 0 Å². The van der Waals surface area contributed by atoms with Crippen LogP contribution >= 0.6 is 0 Å². The molecule has 0 aliphatic heterocycles. The number of unbranched alkanes of at least 4 members (excludes halogenated alkanes) is 2. The van der Waals surface area contributed by atoms with Gasteiger partial charge in [-0.15, -0.1) is 0 Å². The molecule has 0 unspecified atom stereocenters. The Morgan fingerprint density at radius 1 is 0.529 bits per heavy atom. The van der Waals surface area contributed by atoms with Crippen molar-refractivity contribution in [1.82, 2.24) is 0 Å². The lowest BCUT2D eigenvalue weighted by Crippen LogP contribution is -2.15. The minimum atomic E-state index is 0.566. The van der Waals surface area contributed by atoms with Crippen LogP contribution in [0.25, 0.3) is 0 Å². The van der Waals surface area contributed by atoms with Gasteiger partial charge in [-0.2, -0.15) is 0 Å². The summed E-state index contributed by atoms with van der Waals surface area (Å²) in [5.74, 6) is 0. The minimum Gasteiger partial charge on any atom is -0.0654 e. The zero-order chi connectivity index (χ0) is 13.4. The zero-order valence-electron chi connectivity index (χ0n) is 13.4. The van der Waals surface area contributed by atoms with Crippen molar-refractivity contribution in [2.45, 2.75) is 99.3 Å². The molecule has 0 saturated carbocycles. The average molecular weight is 240 g/mol. The van der Waals surface area contributed by atoms with Crippen LogP contribution in [0, 0.1) is 10.8 Å². The minimum absolute atomic E-state index is 0.566. The smallest absolute Gasteiger partial charge is 0.0354 e. The summed E-state index contributed by atoms with van der Waals surface area (Å²) in [6.07, 6.45) is 12.5. The molecule has 0 aromatic heterocycles. The molecule has 0 heterocycles. The Labute approximate surface area is 111 Å². The molecule has 0 atom stereocenters. The fourth-order valence-electron chi connectivity index (χ4n) is 2.61. The Balaban J connectivity index is 3.80. The van der Waals surface area contributed by atoms with Gasteiger partial charge < -0.3 is 0 Å². The van der Waals surface area contributed by atoms with Gasteiger partial charge in [0.2, 0.25) is 0 Å². The second-order valence-corrected chi connectivity index (χ2v) is 7.39. The topological polar surface area (TPSA) is 0 Å². The van der Waals surface area contributed by atoms with E-state index in [-0.39, 0.29) is 0 Å². The molecular formula is C17H36. The summed E-state index contributed by atoms with van der Waals surface area (Å²) in [7, 11) is 0. The fraction of sp³-hybridized carbons (Fsp3) is 1.00. The van der Waals surface area contributed by atoms with Crippen LogP contribution in [0.3, 0.4) is 0 Å². The lowest BCUT2D eigenvalue weighted by Gasteiger charge is -2.29. The van der Waals surface area contributed by atoms with Crippen molar-refractivity contribution in [1.29, 1.82) is 0 Å². The highest BCUT2D eigenvalue weighted by Gasteiger charge is 2.21. The predicted molar refractivity (Wildman–Crippen MR) is 80.5 cm³/mol. The third-order valence-corrected chi connectivity index (χ3v) is 4.12. The quantitative estimate of drug-likeness (QED) is 0.404. The molecule has 0 radical (unpaired) electrons. The molecule has 0 spiro atoms. The molecule has 0 N–H and O–H groups in total. The normalized spacial score (nSPS) is 13.1. The largest absolute Gasteiger partial charge is 0.0654 e. The Morgan fingerprint density at radius 2 is 0.824 bits per heavy atom. The molecule has 0 aliphatic carbocycles. The summed E-state index contributed by atoms with van der Waals surface area (Å²) in [4.78, 5) is 0. The van der Waals surface area contributed by atoms with E-state index < -0.39 is 0 Å². The molecule has 0 saturated heterocycles. The van der Waals surface area contributed by atoms with Gasteiger partial charge in [0.15, 0.2) is 0 Å². The van der Waals surface area contributed by atoms with E-state index in [1.54, 1.807) is 0 Å². The summed E-state index contributed by atoms with van der Waals surface area (Å²) in [5.41, 5.74) is 1.13. The van der Waals surface area contributed by atoms with Gasteiger partial charge in [-0.3, -0.25) is 0 Å². The van der Waals surface area contributed by atoms with E-state index in [1.165, 1.54) is 57.8 Å². The van der Waals surface area contributed by atoms with Gasteiger partial charge in [0.1, 0.15) is 0 Å². The van der Waals surface area contributed by atoms with E-state index in [0.717, 1.165) is 0 Å². The highest BCUT2D eigenvalue weighted by Crippen LogP contribution is 2.34. The molecule has 0 nitrogen and oxygen atoms in total. The first-order valence-corrected chi connectivity index (χ1v) is 7.83. The van der Waals surface area contributed by atoms with Gasteiger partial charge in [0.05, 0.1) is 0 Å². The highest BCUT2D eigenvalue weighted by molar-refractivity contribution is 4.73. The fourth-order valence-corrected chi connectivity index (χ4v) is 2.61. The van der Waals surface area contributed by atoms with Crippen molar-refractivity contribution in [2.75, 3.05) is 0 Å². The molecule has 0 amide bonds. The summed E-state index contributed by atoms with van der Waals surface area (Å²) >= 11 is 0. The summed E-state index contributed by atoms with van der Waals surface area (Å²) in [6.45, 7) is 14.4. The lowest BCUT2D eigenvalue weighted by atomic mass is 9.77. The van der Waals surface area contributed by atoms with E-state index in [2.05, 4.69) is 41.5 Å². The van der Waals surface area contributed by atoms with Crippen LogP contribution in [0.5, 0.6) is 0 Å². The second-order valence-electron chi connectivity index (χ2n) is 7.39. The molecule has 0 heteroatoms. The van der Waals surface area contributed by atoms with Gasteiger partial charge in [0.25, 0.3) is 0 Å². The van der Waals surface area contributed by atoms with Crippen molar-refractivity contribution in [3.05, 3.63) is 0 Å². The van der Waals surface area contributed by atoms with Gasteiger partial charge in [-0.1, -0.05) is 73.6 Å². The van der Waals surface area contributed by atoms with E-state index in [4.69, 9.17) is 0 Å². The third kappa shape index (κ3) is 9.68. The van der Waals surface area contributed by atoms with Gasteiger partial charge in [0, 0.05) is 0 Å². The van der Waals surface area contributed by atoms with Gasteiger partial charge in [-0.25, -0.2) is 0 Å². The van der Waals surface area contributed by atoms with Crippen LogP contribution in [0.4, 0.5) is 0 Å². The third-order valence-electron chi connectivity index (χ3n) is 4.12. The van der Waals surface area contributed by atoms with Crippen LogP contribution in [0.1, 0.15) is 99.3 Å². The van der Waals surface area contributed by atoms with Crippen LogP contribution in [0.2, 0.25) is 0 Å². The first kappa shape index (κ1) is 17.0. The number of hydrogen-bond acceptors (Lipinski definition) is 0. The number of hydrogen-bond donors (Lipinski definition) is 0. The summed E-state index contributed by atoms with van der Waals surface area (Å²) in [5, 5.41) is 0. The number of rotatable bonds is 10. The molecule has 0 aliphatic rings. The van der Waals surface area contributed by atoms with Crippen LogP contribution < -0.4 is 0 Å². The maximum absolute atomic E-state index is 2.45. The molecule has 104 valence electrons. The highest BCUT2D eigenvalue weighted by atomic mass is 14.3. The molecule has 0 bridgehead atoms. The zero-order valence-corrected chi connectivity index (χ0v) is 13.4. The summed E-state index contributed by atoms with van der Waals surface area (Å²) < 4.78 is 0. The first-order chi connectivity index (χ1) is 7.83. The summed E-state index contributed by atoms with van der Waals surface area (Å²) in [6, 6.07) is 0. The Morgan fingerprint density at radius 3 is 1.12 bits per heavy atom. The monoisotopic (exact) mass is 240 g/mol. The molecule has 0 fully saturated rings. The molecule has 0 aromatic carbocycles. The van der Waals surface area contributed by atoms with Gasteiger partial charge >= 0.3 is 0 Å². The second kappa shape index (κ2) is 8.16. The molecular weight excluding hydrogens is 204 g/mol. The first-order valence-electron chi connectivity index (χ1n) is 7.83. The van der Waals surface area contributed by atoms with E-state index in [0.29, 0.717) is 10.8 Å². The van der Waals surface area contributed by atoms with Crippen molar-refractivity contribution >= 4 is 0 Å².